The lowest BCUT2D eigenvalue weighted by Gasteiger charge is -2.18. The molecule has 0 N–H and O–H groups in total. The van der Waals surface area contributed by atoms with Crippen LogP contribution in [0, 0.1) is 0 Å². The topological polar surface area (TPSA) is 43.6 Å². The monoisotopic (exact) mass is 694 g/mol. The van der Waals surface area contributed by atoms with Crippen LogP contribution < -0.4 is 0 Å². The third-order valence-electron chi connectivity index (χ3n) is 9.50. The van der Waals surface area contributed by atoms with Crippen molar-refractivity contribution in [2.24, 2.45) is 0 Å². The normalized spacial score (nSPS) is 11.7. The lowest BCUT2D eigenvalue weighted by atomic mass is 9.93. The van der Waals surface area contributed by atoms with E-state index in [1.807, 2.05) is 120 Å². The van der Waals surface area contributed by atoms with Gasteiger partial charge in [-0.3, -0.25) is 9.97 Å². The first kappa shape index (κ1) is 32.1. The molecule has 0 atom stereocenters. The minimum atomic E-state index is -4.66. The van der Waals surface area contributed by atoms with E-state index >= 15 is 13.2 Å². The van der Waals surface area contributed by atoms with Crippen LogP contribution in [-0.2, 0) is 6.18 Å². The minimum Gasteiger partial charge on any atom is -0.308 e. The Morgan fingerprint density at radius 1 is 0.434 bits per heavy atom. The summed E-state index contributed by atoms with van der Waals surface area (Å²) in [6.45, 7) is 0. The van der Waals surface area contributed by atoms with E-state index in [0.717, 1.165) is 49.8 Å². The van der Waals surface area contributed by atoms with Gasteiger partial charge in [-0.15, -0.1) is 0 Å². The molecule has 0 aliphatic carbocycles. The summed E-state index contributed by atoms with van der Waals surface area (Å²) in [7, 11) is 0. The van der Waals surface area contributed by atoms with Gasteiger partial charge in [0.05, 0.1) is 39.2 Å². The van der Waals surface area contributed by atoms with Gasteiger partial charge in [0.1, 0.15) is 0 Å². The van der Waals surface area contributed by atoms with Crippen LogP contribution >= 0.6 is 0 Å². The molecule has 0 saturated carbocycles. The van der Waals surface area contributed by atoms with E-state index in [0.29, 0.717) is 28.3 Å². The molecule has 0 bridgehead atoms. The first-order chi connectivity index (χ1) is 25.9. The fourth-order valence-electron chi connectivity index (χ4n) is 7.07. The van der Waals surface area contributed by atoms with E-state index in [-0.39, 0.29) is 5.56 Å². The van der Waals surface area contributed by atoms with Crippen LogP contribution in [0.4, 0.5) is 13.2 Å². The number of para-hydroxylation sites is 1. The van der Waals surface area contributed by atoms with E-state index in [4.69, 9.17) is 4.98 Å². The van der Waals surface area contributed by atoms with Gasteiger partial charge in [0, 0.05) is 29.0 Å². The van der Waals surface area contributed by atoms with Crippen molar-refractivity contribution < 1.29 is 13.2 Å². The predicted octanol–water partition coefficient (Wildman–Crippen LogP) is 12.3. The average molecular weight is 695 g/mol. The number of hydrogen-bond donors (Lipinski definition) is 0. The molecule has 4 nitrogen and oxygen atoms in total. The van der Waals surface area contributed by atoms with Crippen LogP contribution in [0.1, 0.15) is 5.56 Å². The van der Waals surface area contributed by atoms with Gasteiger partial charge in [-0.1, -0.05) is 91.0 Å². The molecule has 4 aromatic heterocycles. The molecule has 0 amide bonds. The quantitative estimate of drug-likeness (QED) is 0.174. The zero-order chi connectivity index (χ0) is 35.9. The molecule has 0 spiro atoms. The van der Waals surface area contributed by atoms with Crippen molar-refractivity contribution in [1.29, 1.82) is 0 Å². The summed E-state index contributed by atoms with van der Waals surface area (Å²) >= 11 is 0. The van der Waals surface area contributed by atoms with Gasteiger partial charge in [0.25, 0.3) is 0 Å². The van der Waals surface area contributed by atoms with Crippen molar-refractivity contribution in [2.45, 2.75) is 6.18 Å². The number of aromatic nitrogens is 4. The van der Waals surface area contributed by atoms with E-state index in [1.165, 1.54) is 6.07 Å². The van der Waals surface area contributed by atoms with Crippen LogP contribution in [0.2, 0.25) is 0 Å². The molecule has 0 fully saturated rings. The minimum absolute atomic E-state index is 0.0449. The Labute approximate surface area is 303 Å². The van der Waals surface area contributed by atoms with Gasteiger partial charge in [-0.05, 0) is 106 Å². The Kier molecular flexibility index (Phi) is 7.89. The van der Waals surface area contributed by atoms with Crippen LogP contribution in [-0.4, -0.2) is 19.5 Å². The lowest BCUT2D eigenvalue weighted by Crippen LogP contribution is -2.09. The zero-order valence-corrected chi connectivity index (χ0v) is 28.2. The number of fused-ring (bicyclic) bond motifs is 3. The lowest BCUT2D eigenvalue weighted by molar-refractivity contribution is -0.137. The maximum absolute atomic E-state index is 15.3. The highest BCUT2D eigenvalue weighted by molar-refractivity contribution is 6.07. The van der Waals surface area contributed by atoms with Crippen LogP contribution in [0.3, 0.4) is 0 Å². The molecular formula is C46H29F3N4. The second-order valence-corrected chi connectivity index (χ2v) is 12.8. The predicted molar refractivity (Wildman–Crippen MR) is 206 cm³/mol. The van der Waals surface area contributed by atoms with E-state index in [2.05, 4.69) is 16.0 Å². The van der Waals surface area contributed by atoms with Crippen molar-refractivity contribution in [1.82, 2.24) is 19.5 Å². The Balaban J connectivity index is 1.27. The summed E-state index contributed by atoms with van der Waals surface area (Å²) in [5.74, 6) is 0. The highest BCUT2D eigenvalue weighted by Gasteiger charge is 2.35. The van der Waals surface area contributed by atoms with Gasteiger partial charge in [-0.25, -0.2) is 4.98 Å². The number of alkyl halides is 3. The fraction of sp³-hybridized carbons (Fsp3) is 0.0217. The standard InChI is InChI=1S/C46H29F3N4/c47-46(48,49)39-29-36(53-43-18-8-7-16-38(43)45-44(53)19-11-23-51-45)20-21-37(39)34-27-41(52-42(28-34)40-17-9-10-22-50-40)35-25-32(30-12-3-1-4-13-30)24-33(26-35)31-14-5-2-6-15-31/h1-29H. The molecule has 254 valence electrons. The molecular weight excluding hydrogens is 666 g/mol. The third-order valence-corrected chi connectivity index (χ3v) is 9.50. The van der Waals surface area contributed by atoms with Gasteiger partial charge in [0.2, 0.25) is 0 Å². The largest absolute Gasteiger partial charge is 0.417 e. The summed E-state index contributed by atoms with van der Waals surface area (Å²) in [6, 6.07) is 51.0. The molecule has 0 saturated heterocycles. The Hall–Kier alpha value is -6.86. The highest BCUT2D eigenvalue weighted by atomic mass is 19.4. The van der Waals surface area contributed by atoms with Gasteiger partial charge < -0.3 is 4.57 Å². The van der Waals surface area contributed by atoms with E-state index in [1.54, 1.807) is 48.8 Å². The van der Waals surface area contributed by atoms with Crippen molar-refractivity contribution in [3.63, 3.8) is 0 Å². The number of hydrogen-bond acceptors (Lipinski definition) is 3. The van der Waals surface area contributed by atoms with Crippen molar-refractivity contribution in [2.75, 3.05) is 0 Å². The number of benzene rings is 5. The molecule has 4 heterocycles. The molecule has 7 heteroatoms. The molecule has 5 aromatic carbocycles. The van der Waals surface area contributed by atoms with Crippen LogP contribution in [0.25, 0.3) is 83.6 Å². The molecule has 9 rings (SSSR count). The maximum Gasteiger partial charge on any atom is 0.417 e. The first-order valence-electron chi connectivity index (χ1n) is 17.2. The summed E-state index contributed by atoms with van der Waals surface area (Å²) in [4.78, 5) is 14.1. The third kappa shape index (κ3) is 6.02. The molecule has 0 unspecified atom stereocenters. The zero-order valence-electron chi connectivity index (χ0n) is 28.2. The molecule has 0 aliphatic heterocycles. The van der Waals surface area contributed by atoms with Gasteiger partial charge in [0.15, 0.2) is 0 Å². The second kappa shape index (κ2) is 13.0. The summed E-state index contributed by atoms with van der Waals surface area (Å²) in [6.07, 6.45) is -1.31. The fourth-order valence-corrected chi connectivity index (χ4v) is 7.07. The summed E-state index contributed by atoms with van der Waals surface area (Å²) < 4.78 is 47.6. The number of halogens is 3. The van der Waals surface area contributed by atoms with Gasteiger partial charge in [-0.2, -0.15) is 13.2 Å². The Bertz CT molecular complexity index is 2650. The van der Waals surface area contributed by atoms with E-state index < -0.39 is 11.7 Å². The van der Waals surface area contributed by atoms with Crippen LogP contribution in [0.15, 0.2) is 176 Å². The first-order valence-corrected chi connectivity index (χ1v) is 17.2. The Morgan fingerprint density at radius 3 is 1.75 bits per heavy atom. The smallest absolute Gasteiger partial charge is 0.308 e. The number of rotatable bonds is 6. The number of nitrogens with zero attached hydrogens (tertiary/aromatic N) is 4. The molecule has 9 aromatic rings. The maximum atomic E-state index is 15.3. The molecule has 53 heavy (non-hydrogen) atoms. The molecule has 0 aliphatic rings. The summed E-state index contributed by atoms with van der Waals surface area (Å²) in [5.41, 5.74) is 8.59. The van der Waals surface area contributed by atoms with Crippen molar-refractivity contribution in [3.05, 3.63) is 182 Å². The average Bonchev–Trinajstić information content (AvgIpc) is 3.55. The van der Waals surface area contributed by atoms with Gasteiger partial charge >= 0.3 is 6.18 Å². The highest BCUT2D eigenvalue weighted by Crippen LogP contribution is 2.42. The van der Waals surface area contributed by atoms with Crippen LogP contribution in [0.5, 0.6) is 0 Å². The Morgan fingerprint density at radius 2 is 1.06 bits per heavy atom. The van der Waals surface area contributed by atoms with E-state index in [9.17, 15) is 0 Å². The molecule has 0 radical (unpaired) electrons. The second-order valence-electron chi connectivity index (χ2n) is 12.8. The summed E-state index contributed by atoms with van der Waals surface area (Å²) in [5, 5.41) is 0.868. The number of pyridine rings is 3. The van der Waals surface area contributed by atoms with Crippen molar-refractivity contribution >= 4 is 21.9 Å². The SMILES string of the molecule is FC(F)(F)c1cc(-n2c3ccccc3c3ncccc32)ccc1-c1cc(-c2cc(-c3ccccc3)cc(-c3ccccc3)c2)nc(-c2ccccn2)c1. The van der Waals surface area contributed by atoms with Crippen molar-refractivity contribution in [3.8, 4) is 61.7 Å².